The molecule has 1 saturated heterocycles. The van der Waals surface area contributed by atoms with E-state index in [1.165, 1.54) is 10.4 Å². The molecule has 0 unspecified atom stereocenters. The lowest BCUT2D eigenvalue weighted by Gasteiger charge is -2.26. The second kappa shape index (κ2) is 9.94. The Morgan fingerprint density at radius 3 is 2.76 bits per heavy atom. The van der Waals surface area contributed by atoms with Gasteiger partial charge in [-0.05, 0) is 30.9 Å². The van der Waals surface area contributed by atoms with Gasteiger partial charge in [-0.15, -0.1) is 10.2 Å². The molecule has 1 aliphatic heterocycles. The number of carbonyl (C=O) groups excluding carboxylic acids is 1. The fourth-order valence-electron chi connectivity index (χ4n) is 2.68. The highest BCUT2D eigenvalue weighted by molar-refractivity contribution is 7.99. The van der Waals surface area contributed by atoms with Gasteiger partial charge in [-0.3, -0.25) is 4.79 Å². The van der Waals surface area contributed by atoms with Gasteiger partial charge in [0.2, 0.25) is 21.8 Å². The number of nitrogens with one attached hydrogen (secondary N) is 1. The van der Waals surface area contributed by atoms with Crippen LogP contribution in [0.15, 0.2) is 32.7 Å². The smallest absolute Gasteiger partial charge is 0.277 e. The van der Waals surface area contributed by atoms with Gasteiger partial charge < -0.3 is 14.5 Å². The van der Waals surface area contributed by atoms with Crippen LogP contribution in [0.4, 0.5) is 5.69 Å². The van der Waals surface area contributed by atoms with E-state index >= 15 is 0 Å². The van der Waals surface area contributed by atoms with Crippen LogP contribution in [0.25, 0.3) is 0 Å². The van der Waals surface area contributed by atoms with Crippen LogP contribution in [-0.4, -0.2) is 67.1 Å². The summed E-state index contributed by atoms with van der Waals surface area (Å²) in [6, 6.07) is 4.86. The molecule has 1 fully saturated rings. The Balaban J connectivity index is 1.64. The summed E-state index contributed by atoms with van der Waals surface area (Å²) in [6.07, 6.45) is 1.93. The molecule has 29 heavy (non-hydrogen) atoms. The molecule has 2 heterocycles. The molecule has 0 spiro atoms. The van der Waals surface area contributed by atoms with E-state index in [0.717, 1.165) is 11.8 Å². The normalized spacial score (nSPS) is 15.4. The minimum Gasteiger partial charge on any atom is -0.415 e. The molecule has 0 saturated carbocycles. The van der Waals surface area contributed by atoms with Gasteiger partial charge in [0.15, 0.2) is 0 Å². The van der Waals surface area contributed by atoms with Crippen molar-refractivity contribution < 1.29 is 22.4 Å². The number of ether oxygens (including phenoxy) is 1. The first-order chi connectivity index (χ1) is 13.9. The number of carbonyl (C=O) groups is 1. The minimum atomic E-state index is -3.65. The number of aryl methyl sites for hydroxylation is 1. The number of benzene rings is 1. The van der Waals surface area contributed by atoms with E-state index in [1.807, 2.05) is 6.26 Å². The first-order valence-electron chi connectivity index (χ1n) is 8.82. The van der Waals surface area contributed by atoms with Crippen molar-refractivity contribution in [2.24, 2.45) is 0 Å². The first-order valence-corrected chi connectivity index (χ1v) is 12.6. The summed E-state index contributed by atoms with van der Waals surface area (Å²) in [6.45, 7) is 3.12. The zero-order valence-corrected chi connectivity index (χ0v) is 18.5. The molecule has 3 rings (SSSR count). The van der Waals surface area contributed by atoms with E-state index in [9.17, 15) is 13.2 Å². The van der Waals surface area contributed by atoms with Crippen LogP contribution in [0.3, 0.4) is 0 Å². The fourth-order valence-corrected chi connectivity index (χ4v) is 5.29. The Bertz CT molecular complexity index is 958. The minimum absolute atomic E-state index is 0.0698. The highest BCUT2D eigenvalue weighted by atomic mass is 32.2. The third kappa shape index (κ3) is 5.72. The van der Waals surface area contributed by atoms with E-state index in [2.05, 4.69) is 15.5 Å². The number of thioether (sulfide) groups is 2. The molecular formula is C17H22N4O5S3. The topological polar surface area (TPSA) is 115 Å². The summed E-state index contributed by atoms with van der Waals surface area (Å²) in [5, 5.41) is 10.8. The van der Waals surface area contributed by atoms with Crippen molar-refractivity contribution in [2.45, 2.75) is 22.8 Å². The molecule has 1 aliphatic rings. The molecule has 0 aliphatic carbocycles. The average molecular weight is 459 g/mol. The van der Waals surface area contributed by atoms with E-state index < -0.39 is 10.0 Å². The van der Waals surface area contributed by atoms with Gasteiger partial charge in [-0.2, -0.15) is 16.1 Å². The maximum atomic E-state index is 12.9. The third-order valence-corrected chi connectivity index (χ3v) is 7.50. The number of hydrogen-bond donors (Lipinski definition) is 1. The number of nitrogens with zero attached hydrogens (tertiary/aromatic N) is 3. The van der Waals surface area contributed by atoms with E-state index in [1.54, 1.807) is 30.8 Å². The molecule has 1 N–H and O–H groups in total. The Morgan fingerprint density at radius 1 is 1.28 bits per heavy atom. The van der Waals surface area contributed by atoms with Gasteiger partial charge in [0, 0.05) is 18.8 Å². The van der Waals surface area contributed by atoms with Crippen molar-refractivity contribution in [3.05, 3.63) is 29.7 Å². The van der Waals surface area contributed by atoms with Crippen LogP contribution in [0, 0.1) is 6.92 Å². The Morgan fingerprint density at radius 2 is 2.03 bits per heavy atom. The maximum Gasteiger partial charge on any atom is 0.277 e. The molecule has 9 nitrogen and oxygen atoms in total. The largest absolute Gasteiger partial charge is 0.415 e. The van der Waals surface area contributed by atoms with Gasteiger partial charge in [-0.1, -0.05) is 17.8 Å². The molecule has 0 atom stereocenters. The van der Waals surface area contributed by atoms with E-state index in [0.29, 0.717) is 54.4 Å². The van der Waals surface area contributed by atoms with Crippen molar-refractivity contribution >= 4 is 45.1 Å². The number of hydrogen-bond acceptors (Lipinski definition) is 9. The summed E-state index contributed by atoms with van der Waals surface area (Å²) in [5.74, 6) is 0.902. The van der Waals surface area contributed by atoms with Crippen molar-refractivity contribution in [3.63, 3.8) is 0 Å². The van der Waals surface area contributed by atoms with Gasteiger partial charge in [0.1, 0.15) is 0 Å². The molecule has 2 aromatic rings. The van der Waals surface area contributed by atoms with Gasteiger partial charge in [-0.25, -0.2) is 8.42 Å². The number of aromatic nitrogens is 2. The molecule has 12 heteroatoms. The second-order valence-corrected chi connectivity index (χ2v) is 9.93. The highest BCUT2D eigenvalue weighted by Gasteiger charge is 2.28. The number of rotatable bonds is 8. The van der Waals surface area contributed by atoms with Gasteiger partial charge in [0.25, 0.3) is 5.22 Å². The SMILES string of the molecule is CSCc1nnc(SCC(=O)Nc2ccc(C)c(S(=O)(=O)N3CCOCC3)c2)o1. The zero-order valence-electron chi connectivity index (χ0n) is 16.1. The van der Waals surface area contributed by atoms with Crippen molar-refractivity contribution in [2.75, 3.05) is 43.6 Å². The van der Waals surface area contributed by atoms with E-state index in [-0.39, 0.29) is 16.6 Å². The van der Waals surface area contributed by atoms with E-state index in [4.69, 9.17) is 9.15 Å². The lowest BCUT2D eigenvalue weighted by Crippen LogP contribution is -2.40. The number of anilines is 1. The second-order valence-electron chi connectivity index (χ2n) is 6.23. The van der Waals surface area contributed by atoms with Crippen LogP contribution in [0.2, 0.25) is 0 Å². The summed E-state index contributed by atoms with van der Waals surface area (Å²) in [4.78, 5) is 12.4. The Hall–Kier alpha value is -1.60. The fraction of sp³-hybridized carbons (Fsp3) is 0.471. The Labute approximate surface area is 178 Å². The third-order valence-electron chi connectivity index (χ3n) is 4.10. The molecule has 158 valence electrons. The Kier molecular flexibility index (Phi) is 7.57. The lowest BCUT2D eigenvalue weighted by molar-refractivity contribution is -0.113. The molecule has 0 bridgehead atoms. The molecule has 0 radical (unpaired) electrons. The van der Waals surface area contributed by atoms with Gasteiger partial charge in [0.05, 0.1) is 29.6 Å². The predicted octanol–water partition coefficient (Wildman–Crippen LogP) is 1.99. The number of sulfonamides is 1. The predicted molar refractivity (Wildman–Crippen MR) is 112 cm³/mol. The van der Waals surface area contributed by atoms with Crippen LogP contribution in [0.5, 0.6) is 0 Å². The summed E-state index contributed by atoms with van der Waals surface area (Å²) in [5.41, 5.74) is 1.04. The summed E-state index contributed by atoms with van der Waals surface area (Å²) >= 11 is 2.69. The monoisotopic (exact) mass is 458 g/mol. The van der Waals surface area contributed by atoms with Crippen molar-refractivity contribution in [1.29, 1.82) is 0 Å². The lowest BCUT2D eigenvalue weighted by atomic mass is 10.2. The first kappa shape index (κ1) is 22.1. The summed E-state index contributed by atoms with van der Waals surface area (Å²) in [7, 11) is -3.65. The van der Waals surface area contributed by atoms with Crippen LogP contribution in [-0.2, 0) is 25.3 Å². The average Bonchev–Trinajstić information content (AvgIpc) is 3.16. The van der Waals surface area contributed by atoms with Crippen LogP contribution >= 0.6 is 23.5 Å². The maximum absolute atomic E-state index is 12.9. The molecular weight excluding hydrogens is 436 g/mol. The number of amides is 1. The highest BCUT2D eigenvalue weighted by Crippen LogP contribution is 2.25. The van der Waals surface area contributed by atoms with Gasteiger partial charge >= 0.3 is 0 Å². The molecule has 1 aromatic carbocycles. The molecule has 1 amide bonds. The number of morpholine rings is 1. The standard InChI is InChI=1S/C17H22N4O5S3/c1-12-3-4-13(9-14(12)29(23,24)21-5-7-25-8-6-21)18-15(22)10-28-17-20-19-16(26-17)11-27-2/h3-4,9H,5-8,10-11H2,1-2H3,(H,18,22). The summed E-state index contributed by atoms with van der Waals surface area (Å²) < 4.78 is 37.9. The molecule has 1 aromatic heterocycles. The van der Waals surface area contributed by atoms with Crippen molar-refractivity contribution in [3.8, 4) is 0 Å². The zero-order chi connectivity index (χ0) is 20.9. The van der Waals surface area contributed by atoms with Crippen molar-refractivity contribution in [1.82, 2.24) is 14.5 Å². The quantitative estimate of drug-likeness (QED) is 0.593. The van der Waals surface area contributed by atoms with Crippen LogP contribution < -0.4 is 5.32 Å². The van der Waals surface area contributed by atoms with Crippen LogP contribution in [0.1, 0.15) is 11.5 Å².